The number of nitrogens with zero attached hydrogens (tertiary/aromatic N) is 4. The van der Waals surface area contributed by atoms with Gasteiger partial charge in [0.1, 0.15) is 12.1 Å². The Labute approximate surface area is 198 Å². The van der Waals surface area contributed by atoms with Gasteiger partial charge in [-0.25, -0.2) is 9.97 Å². The number of anilines is 2. The standard InChI is InChI=1S/C26H28N6O2/c1-16-22(11-21(13-27-16)30-26(34)20-8-9-32(2)14-20)18-4-3-5-19(10-18)23-12-24(29-15-28-23)31-25(33)17-6-7-17/h3-5,10-13,15,17,20H,6-9,14H2,1-2H3,(H,30,34)(H,28,29,31,33). The van der Waals surface area contributed by atoms with Gasteiger partial charge < -0.3 is 15.5 Å². The highest BCUT2D eigenvalue weighted by atomic mass is 16.2. The average molecular weight is 457 g/mol. The smallest absolute Gasteiger partial charge is 0.228 e. The summed E-state index contributed by atoms with van der Waals surface area (Å²) in [7, 11) is 2.04. The fraction of sp³-hybridized carbons (Fsp3) is 0.346. The highest BCUT2D eigenvalue weighted by molar-refractivity contribution is 5.94. The van der Waals surface area contributed by atoms with Crippen molar-refractivity contribution in [3.8, 4) is 22.4 Å². The number of benzene rings is 1. The van der Waals surface area contributed by atoms with Crippen molar-refractivity contribution < 1.29 is 9.59 Å². The molecular formula is C26H28N6O2. The molecule has 2 fully saturated rings. The number of carbonyl (C=O) groups excluding carboxylic acids is 2. The van der Waals surface area contributed by atoms with Gasteiger partial charge in [0.2, 0.25) is 11.8 Å². The van der Waals surface area contributed by atoms with Crippen molar-refractivity contribution >= 4 is 23.3 Å². The van der Waals surface area contributed by atoms with Gasteiger partial charge in [0.25, 0.3) is 0 Å². The van der Waals surface area contributed by atoms with E-state index in [1.807, 2.05) is 44.3 Å². The Hall–Kier alpha value is -3.65. The molecule has 8 nitrogen and oxygen atoms in total. The summed E-state index contributed by atoms with van der Waals surface area (Å²) in [4.78, 5) is 40.1. The molecule has 1 saturated heterocycles. The van der Waals surface area contributed by atoms with Crippen LogP contribution in [0.4, 0.5) is 11.5 Å². The van der Waals surface area contributed by atoms with E-state index in [1.165, 1.54) is 6.33 Å². The van der Waals surface area contributed by atoms with Gasteiger partial charge in [-0.3, -0.25) is 14.6 Å². The zero-order valence-corrected chi connectivity index (χ0v) is 19.4. The quantitative estimate of drug-likeness (QED) is 0.586. The summed E-state index contributed by atoms with van der Waals surface area (Å²) in [6, 6.07) is 11.8. The summed E-state index contributed by atoms with van der Waals surface area (Å²) in [5.41, 5.74) is 5.11. The lowest BCUT2D eigenvalue weighted by Gasteiger charge is -2.14. The zero-order chi connectivity index (χ0) is 23.7. The maximum atomic E-state index is 12.7. The number of rotatable bonds is 6. The second-order valence-corrected chi connectivity index (χ2v) is 9.23. The topological polar surface area (TPSA) is 100 Å². The summed E-state index contributed by atoms with van der Waals surface area (Å²) in [5.74, 6) is 0.678. The maximum absolute atomic E-state index is 12.7. The molecule has 2 N–H and O–H groups in total. The van der Waals surface area contributed by atoms with E-state index in [0.29, 0.717) is 11.5 Å². The molecule has 0 radical (unpaired) electrons. The fourth-order valence-corrected chi connectivity index (χ4v) is 4.29. The molecule has 0 spiro atoms. The molecule has 34 heavy (non-hydrogen) atoms. The first-order chi connectivity index (χ1) is 16.5. The van der Waals surface area contributed by atoms with Crippen LogP contribution in [0.2, 0.25) is 0 Å². The van der Waals surface area contributed by atoms with Crippen molar-refractivity contribution in [1.29, 1.82) is 0 Å². The molecule has 1 aliphatic carbocycles. The number of aryl methyl sites for hydroxylation is 1. The van der Waals surface area contributed by atoms with Crippen molar-refractivity contribution in [2.75, 3.05) is 30.8 Å². The van der Waals surface area contributed by atoms with Gasteiger partial charge >= 0.3 is 0 Å². The van der Waals surface area contributed by atoms with Gasteiger partial charge in [-0.1, -0.05) is 18.2 Å². The number of nitrogens with one attached hydrogen (secondary N) is 2. The molecule has 0 bridgehead atoms. The maximum Gasteiger partial charge on any atom is 0.228 e. The SMILES string of the molecule is Cc1ncc(NC(=O)C2CCN(C)C2)cc1-c1cccc(-c2cc(NC(=O)C3CC3)ncn2)c1. The summed E-state index contributed by atoms with van der Waals surface area (Å²) >= 11 is 0. The fourth-order valence-electron chi connectivity index (χ4n) is 4.29. The molecule has 3 aromatic rings. The van der Waals surface area contributed by atoms with Crippen LogP contribution in [0.25, 0.3) is 22.4 Å². The van der Waals surface area contributed by atoms with Crippen LogP contribution in [0.1, 0.15) is 25.0 Å². The number of carbonyl (C=O) groups is 2. The first kappa shape index (κ1) is 22.2. The molecule has 8 heteroatoms. The number of aromatic nitrogens is 3. The van der Waals surface area contributed by atoms with Crippen LogP contribution in [0.15, 0.2) is 48.9 Å². The number of pyridine rings is 1. The lowest BCUT2D eigenvalue weighted by molar-refractivity contribution is -0.119. The third kappa shape index (κ3) is 4.97. The van der Waals surface area contributed by atoms with Gasteiger partial charge in [0, 0.05) is 35.3 Å². The van der Waals surface area contributed by atoms with E-state index in [9.17, 15) is 9.59 Å². The molecule has 1 aromatic carbocycles. The van der Waals surface area contributed by atoms with Crippen LogP contribution in [0.5, 0.6) is 0 Å². The van der Waals surface area contributed by atoms with Crippen LogP contribution in [0.3, 0.4) is 0 Å². The predicted molar refractivity (Wildman–Crippen MR) is 131 cm³/mol. The second-order valence-electron chi connectivity index (χ2n) is 9.23. The van der Waals surface area contributed by atoms with E-state index in [1.54, 1.807) is 12.3 Å². The molecule has 3 heterocycles. The lowest BCUT2D eigenvalue weighted by atomic mass is 10.00. The molecular weight excluding hydrogens is 428 g/mol. The van der Waals surface area contributed by atoms with E-state index in [-0.39, 0.29) is 23.7 Å². The molecule has 1 atom stereocenters. The Bertz CT molecular complexity index is 1240. The highest BCUT2D eigenvalue weighted by Gasteiger charge is 2.30. The number of amides is 2. The normalized spacial score (nSPS) is 18.0. The predicted octanol–water partition coefficient (Wildman–Crippen LogP) is 3.75. The van der Waals surface area contributed by atoms with Crippen molar-refractivity contribution in [2.45, 2.75) is 26.2 Å². The third-order valence-electron chi connectivity index (χ3n) is 6.45. The van der Waals surface area contributed by atoms with Gasteiger partial charge in [-0.15, -0.1) is 0 Å². The first-order valence-electron chi connectivity index (χ1n) is 11.7. The van der Waals surface area contributed by atoms with Gasteiger partial charge in [0.15, 0.2) is 0 Å². The van der Waals surface area contributed by atoms with E-state index < -0.39 is 0 Å². The summed E-state index contributed by atoms with van der Waals surface area (Å²) in [6.07, 6.45) is 5.93. The van der Waals surface area contributed by atoms with Crippen LogP contribution in [-0.2, 0) is 9.59 Å². The Morgan fingerprint density at radius 2 is 1.74 bits per heavy atom. The van der Waals surface area contributed by atoms with E-state index in [4.69, 9.17) is 0 Å². The summed E-state index contributed by atoms with van der Waals surface area (Å²) < 4.78 is 0. The van der Waals surface area contributed by atoms with Crippen molar-refractivity contribution in [1.82, 2.24) is 19.9 Å². The Morgan fingerprint density at radius 3 is 2.50 bits per heavy atom. The Kier molecular flexibility index (Phi) is 6.06. The van der Waals surface area contributed by atoms with Crippen molar-refractivity contribution in [3.63, 3.8) is 0 Å². The molecule has 1 unspecified atom stereocenters. The third-order valence-corrected chi connectivity index (χ3v) is 6.45. The van der Waals surface area contributed by atoms with Crippen LogP contribution in [-0.4, -0.2) is 51.8 Å². The molecule has 1 saturated carbocycles. The van der Waals surface area contributed by atoms with Crippen LogP contribution < -0.4 is 10.6 Å². The van der Waals surface area contributed by atoms with Gasteiger partial charge in [-0.2, -0.15) is 0 Å². The molecule has 5 rings (SSSR count). The van der Waals surface area contributed by atoms with Crippen molar-refractivity contribution in [2.24, 2.45) is 11.8 Å². The Balaban J connectivity index is 1.37. The van der Waals surface area contributed by atoms with Crippen molar-refractivity contribution in [3.05, 3.63) is 54.6 Å². The number of likely N-dealkylation sites (tertiary alicyclic amines) is 1. The van der Waals surface area contributed by atoms with E-state index in [0.717, 1.165) is 60.4 Å². The molecule has 174 valence electrons. The highest BCUT2D eigenvalue weighted by Crippen LogP contribution is 2.31. The zero-order valence-electron chi connectivity index (χ0n) is 19.4. The second kappa shape index (κ2) is 9.30. The largest absolute Gasteiger partial charge is 0.324 e. The number of hydrogen-bond acceptors (Lipinski definition) is 6. The van der Waals surface area contributed by atoms with Gasteiger partial charge in [0.05, 0.1) is 23.5 Å². The first-order valence-corrected chi connectivity index (χ1v) is 11.7. The summed E-state index contributed by atoms with van der Waals surface area (Å²) in [5, 5.41) is 5.92. The summed E-state index contributed by atoms with van der Waals surface area (Å²) in [6.45, 7) is 3.68. The molecule has 2 aliphatic rings. The lowest BCUT2D eigenvalue weighted by Crippen LogP contribution is -2.25. The van der Waals surface area contributed by atoms with E-state index >= 15 is 0 Å². The molecule has 1 aliphatic heterocycles. The Morgan fingerprint density at radius 1 is 0.941 bits per heavy atom. The minimum atomic E-state index is 0.00504. The molecule has 2 amide bonds. The van der Waals surface area contributed by atoms with Crippen LogP contribution in [0, 0.1) is 18.8 Å². The average Bonchev–Trinajstić information content (AvgIpc) is 3.61. The van der Waals surface area contributed by atoms with E-state index in [2.05, 4.69) is 30.5 Å². The number of hydrogen-bond donors (Lipinski definition) is 2. The minimum Gasteiger partial charge on any atom is -0.324 e. The monoisotopic (exact) mass is 456 g/mol. The van der Waals surface area contributed by atoms with Crippen LogP contribution >= 0.6 is 0 Å². The minimum absolute atomic E-state index is 0.00504. The van der Waals surface area contributed by atoms with Gasteiger partial charge in [-0.05, 0) is 57.5 Å². The molecule has 2 aromatic heterocycles.